The van der Waals surface area contributed by atoms with E-state index in [9.17, 15) is 9.90 Å². The van der Waals surface area contributed by atoms with Gasteiger partial charge < -0.3 is 14.4 Å². The number of nitrogens with zero attached hydrogens (tertiary/aromatic N) is 2. The van der Waals surface area contributed by atoms with Crippen LogP contribution in [-0.2, 0) is 4.79 Å². The van der Waals surface area contributed by atoms with Gasteiger partial charge in [-0.3, -0.25) is 4.79 Å². The zero-order chi connectivity index (χ0) is 16.6. The van der Waals surface area contributed by atoms with Crippen LogP contribution in [0.2, 0.25) is 0 Å². The zero-order valence-corrected chi connectivity index (χ0v) is 13.9. The molecule has 2 aliphatic rings. The first-order valence-corrected chi connectivity index (χ1v) is 8.99. The smallest absolute Gasteiger partial charge is 0.225 e. The molecule has 5 heteroatoms. The summed E-state index contributed by atoms with van der Waals surface area (Å²) in [4.78, 5) is 19.0. The molecule has 0 radical (unpaired) electrons. The van der Waals surface area contributed by atoms with E-state index in [1.54, 1.807) is 0 Å². The van der Waals surface area contributed by atoms with Crippen molar-refractivity contribution in [2.75, 3.05) is 13.1 Å². The van der Waals surface area contributed by atoms with Gasteiger partial charge in [-0.1, -0.05) is 25.0 Å². The van der Waals surface area contributed by atoms with E-state index in [0.29, 0.717) is 0 Å². The van der Waals surface area contributed by atoms with Crippen LogP contribution >= 0.6 is 0 Å². The number of oxazole rings is 1. The Kier molecular flexibility index (Phi) is 4.04. The van der Waals surface area contributed by atoms with Crippen molar-refractivity contribution in [2.45, 2.75) is 56.5 Å². The molecule has 1 amide bonds. The van der Waals surface area contributed by atoms with Crippen molar-refractivity contribution >= 4 is 17.0 Å². The van der Waals surface area contributed by atoms with Crippen LogP contribution < -0.4 is 0 Å². The molecule has 1 saturated heterocycles. The number of rotatable bonds is 3. The molecule has 1 aliphatic heterocycles. The lowest BCUT2D eigenvalue weighted by Gasteiger charge is -2.33. The molecule has 2 aromatic rings. The molecule has 1 N–H and O–H groups in total. The Hall–Kier alpha value is -1.88. The molecule has 2 fully saturated rings. The standard InChI is InChI=1S/C19H24N2O3/c22-17(13-19(23)9-3-4-10-19)21-11-7-14(8-12-21)18-20-15-5-1-2-6-16(15)24-18/h1-2,5-6,14,23H,3-4,7-13H2. The Morgan fingerprint density at radius 2 is 1.96 bits per heavy atom. The number of fused-ring (bicyclic) bond motifs is 1. The molecule has 0 unspecified atom stereocenters. The van der Waals surface area contributed by atoms with Gasteiger partial charge in [-0.2, -0.15) is 0 Å². The second-order valence-corrected chi connectivity index (χ2v) is 7.28. The minimum absolute atomic E-state index is 0.0930. The summed E-state index contributed by atoms with van der Waals surface area (Å²) in [5.74, 6) is 1.16. The van der Waals surface area contributed by atoms with E-state index >= 15 is 0 Å². The Morgan fingerprint density at radius 1 is 1.25 bits per heavy atom. The molecule has 1 aliphatic carbocycles. The van der Waals surface area contributed by atoms with Crippen LogP contribution in [0.15, 0.2) is 28.7 Å². The SMILES string of the molecule is O=C(CC1(O)CCCC1)N1CCC(c2nc3ccccc3o2)CC1. The summed E-state index contributed by atoms with van der Waals surface area (Å²) in [5.41, 5.74) is 0.970. The number of hydrogen-bond donors (Lipinski definition) is 1. The zero-order valence-electron chi connectivity index (χ0n) is 13.9. The highest BCUT2D eigenvalue weighted by Crippen LogP contribution is 2.34. The van der Waals surface area contributed by atoms with Crippen molar-refractivity contribution in [1.82, 2.24) is 9.88 Å². The molecule has 1 saturated carbocycles. The normalized spacial score (nSPS) is 21.5. The average molecular weight is 328 g/mol. The summed E-state index contributed by atoms with van der Waals surface area (Å²) < 4.78 is 5.87. The van der Waals surface area contributed by atoms with E-state index < -0.39 is 5.60 Å². The first-order valence-electron chi connectivity index (χ1n) is 8.99. The Balaban J connectivity index is 1.36. The van der Waals surface area contributed by atoms with E-state index in [2.05, 4.69) is 4.98 Å². The van der Waals surface area contributed by atoms with Crippen LogP contribution in [0.1, 0.15) is 56.8 Å². The average Bonchev–Trinajstić information content (AvgIpc) is 3.21. The van der Waals surface area contributed by atoms with Crippen LogP contribution in [0.25, 0.3) is 11.1 Å². The highest BCUT2D eigenvalue weighted by Gasteiger charge is 2.36. The molecule has 1 aromatic heterocycles. The summed E-state index contributed by atoms with van der Waals surface area (Å²) in [6.07, 6.45) is 5.61. The number of para-hydroxylation sites is 2. The molecule has 128 valence electrons. The third kappa shape index (κ3) is 3.05. The number of carbonyl (C=O) groups excluding carboxylic acids is 1. The highest BCUT2D eigenvalue weighted by molar-refractivity contribution is 5.77. The van der Waals surface area contributed by atoms with Gasteiger partial charge in [0.05, 0.1) is 12.0 Å². The number of piperidine rings is 1. The van der Waals surface area contributed by atoms with Gasteiger partial charge in [0.25, 0.3) is 0 Å². The number of likely N-dealkylation sites (tertiary alicyclic amines) is 1. The fourth-order valence-electron chi connectivity index (χ4n) is 4.04. The largest absolute Gasteiger partial charge is 0.440 e. The van der Waals surface area contributed by atoms with Crippen molar-refractivity contribution in [3.8, 4) is 0 Å². The van der Waals surface area contributed by atoms with Crippen molar-refractivity contribution in [1.29, 1.82) is 0 Å². The molecule has 5 nitrogen and oxygen atoms in total. The van der Waals surface area contributed by atoms with Gasteiger partial charge in [0.2, 0.25) is 5.91 Å². The quantitative estimate of drug-likeness (QED) is 0.939. The summed E-state index contributed by atoms with van der Waals surface area (Å²) in [5, 5.41) is 10.4. The molecule has 0 bridgehead atoms. The van der Waals surface area contributed by atoms with Crippen molar-refractivity contribution in [3.05, 3.63) is 30.2 Å². The Labute approximate surface area is 141 Å². The van der Waals surface area contributed by atoms with E-state index in [1.807, 2.05) is 29.2 Å². The van der Waals surface area contributed by atoms with Gasteiger partial charge in [-0.25, -0.2) is 4.98 Å². The van der Waals surface area contributed by atoms with Crippen LogP contribution in [0.3, 0.4) is 0 Å². The maximum atomic E-state index is 12.5. The van der Waals surface area contributed by atoms with Crippen molar-refractivity contribution in [2.24, 2.45) is 0 Å². The van der Waals surface area contributed by atoms with Gasteiger partial charge in [-0.05, 0) is 37.8 Å². The molecule has 24 heavy (non-hydrogen) atoms. The predicted octanol–water partition coefficient (Wildman–Crippen LogP) is 3.23. The Morgan fingerprint density at radius 3 is 2.67 bits per heavy atom. The van der Waals surface area contributed by atoms with Gasteiger partial charge in [0, 0.05) is 19.0 Å². The van der Waals surface area contributed by atoms with Gasteiger partial charge in [0.15, 0.2) is 11.5 Å². The summed E-state index contributed by atoms with van der Waals surface area (Å²) in [6.45, 7) is 1.44. The lowest BCUT2D eigenvalue weighted by molar-refractivity contribution is -0.137. The lowest BCUT2D eigenvalue weighted by Crippen LogP contribution is -2.42. The molecule has 1 aromatic carbocycles. The second kappa shape index (κ2) is 6.20. The predicted molar refractivity (Wildman–Crippen MR) is 90.6 cm³/mol. The van der Waals surface area contributed by atoms with Gasteiger partial charge in [-0.15, -0.1) is 0 Å². The van der Waals surface area contributed by atoms with Crippen LogP contribution in [0.4, 0.5) is 0 Å². The van der Waals surface area contributed by atoms with E-state index in [-0.39, 0.29) is 18.2 Å². The van der Waals surface area contributed by atoms with Crippen LogP contribution in [0, 0.1) is 0 Å². The molecular weight excluding hydrogens is 304 g/mol. The fourth-order valence-corrected chi connectivity index (χ4v) is 4.04. The first-order chi connectivity index (χ1) is 11.6. The fraction of sp³-hybridized carbons (Fsp3) is 0.579. The Bertz CT molecular complexity index is 692. The van der Waals surface area contributed by atoms with E-state index in [0.717, 1.165) is 68.6 Å². The molecule has 0 atom stereocenters. The number of carbonyl (C=O) groups is 1. The highest BCUT2D eigenvalue weighted by atomic mass is 16.3. The number of aromatic nitrogens is 1. The third-order valence-electron chi connectivity index (χ3n) is 5.52. The maximum Gasteiger partial charge on any atom is 0.225 e. The second-order valence-electron chi connectivity index (χ2n) is 7.28. The monoisotopic (exact) mass is 328 g/mol. The first kappa shape index (κ1) is 15.6. The third-order valence-corrected chi connectivity index (χ3v) is 5.52. The van der Waals surface area contributed by atoms with Crippen LogP contribution in [-0.4, -0.2) is 39.6 Å². The minimum atomic E-state index is -0.756. The van der Waals surface area contributed by atoms with E-state index in [4.69, 9.17) is 4.42 Å². The van der Waals surface area contributed by atoms with Crippen LogP contribution in [0.5, 0.6) is 0 Å². The summed E-state index contributed by atoms with van der Waals surface area (Å²) in [6, 6.07) is 7.81. The number of hydrogen-bond acceptors (Lipinski definition) is 4. The molecule has 2 heterocycles. The number of benzene rings is 1. The topological polar surface area (TPSA) is 66.6 Å². The van der Waals surface area contributed by atoms with Crippen molar-refractivity contribution < 1.29 is 14.3 Å². The van der Waals surface area contributed by atoms with Crippen molar-refractivity contribution in [3.63, 3.8) is 0 Å². The molecule has 0 spiro atoms. The molecular formula is C19H24N2O3. The number of amides is 1. The molecule has 4 rings (SSSR count). The maximum absolute atomic E-state index is 12.5. The number of aliphatic hydroxyl groups is 1. The van der Waals surface area contributed by atoms with Gasteiger partial charge in [0.1, 0.15) is 5.52 Å². The van der Waals surface area contributed by atoms with E-state index in [1.165, 1.54) is 0 Å². The lowest BCUT2D eigenvalue weighted by atomic mass is 9.94. The minimum Gasteiger partial charge on any atom is -0.440 e. The van der Waals surface area contributed by atoms with Gasteiger partial charge >= 0.3 is 0 Å². The summed E-state index contributed by atoms with van der Waals surface area (Å²) >= 11 is 0. The summed E-state index contributed by atoms with van der Waals surface area (Å²) in [7, 11) is 0.